The van der Waals surface area contributed by atoms with E-state index in [1.54, 1.807) is 25.1 Å². The predicted octanol–water partition coefficient (Wildman–Crippen LogP) is 3.23. The summed E-state index contributed by atoms with van der Waals surface area (Å²) in [6, 6.07) is 9.12. The summed E-state index contributed by atoms with van der Waals surface area (Å²) in [6.07, 6.45) is 4.20. The molecule has 6 nitrogen and oxygen atoms in total. The average Bonchev–Trinajstić information content (AvgIpc) is 2.67. The summed E-state index contributed by atoms with van der Waals surface area (Å²) in [4.78, 5) is 4.32. The zero-order valence-electron chi connectivity index (χ0n) is 14.5. The molecule has 0 bridgehead atoms. The number of anilines is 1. The van der Waals surface area contributed by atoms with E-state index in [9.17, 15) is 12.8 Å². The highest BCUT2D eigenvalue weighted by Crippen LogP contribution is 2.20. The van der Waals surface area contributed by atoms with Crippen molar-refractivity contribution in [3.63, 3.8) is 0 Å². The van der Waals surface area contributed by atoms with Gasteiger partial charge in [0.25, 0.3) is 0 Å². The van der Waals surface area contributed by atoms with Gasteiger partial charge in [-0.25, -0.2) is 17.8 Å². The molecule has 2 aromatic rings. The fraction of sp³-hybridized carbons (Fsp3) is 0.333. The molecule has 1 aromatic heterocycles. The first-order valence-electron chi connectivity index (χ1n) is 8.49. The fourth-order valence-corrected chi connectivity index (χ4v) is 4.21. The van der Waals surface area contributed by atoms with Crippen molar-refractivity contribution >= 4 is 21.6 Å². The molecule has 138 valence electrons. The van der Waals surface area contributed by atoms with Crippen LogP contribution in [0, 0.1) is 5.82 Å². The summed E-state index contributed by atoms with van der Waals surface area (Å²) in [7, 11) is -3.49. The number of hydrazone groups is 1. The topological polar surface area (TPSA) is 74.7 Å². The number of hydrogen-bond donors (Lipinski definition) is 1. The van der Waals surface area contributed by atoms with Gasteiger partial charge >= 0.3 is 0 Å². The summed E-state index contributed by atoms with van der Waals surface area (Å²) in [5, 5.41) is 4.20. The number of pyridine rings is 1. The van der Waals surface area contributed by atoms with E-state index in [4.69, 9.17) is 0 Å². The van der Waals surface area contributed by atoms with Crippen LogP contribution >= 0.6 is 0 Å². The van der Waals surface area contributed by atoms with Crippen LogP contribution in [0.15, 0.2) is 52.6 Å². The van der Waals surface area contributed by atoms with Crippen LogP contribution in [-0.4, -0.2) is 36.5 Å². The normalized spacial score (nSPS) is 16.5. The number of rotatable bonds is 5. The lowest BCUT2D eigenvalue weighted by molar-refractivity contribution is 0.346. The van der Waals surface area contributed by atoms with Crippen LogP contribution < -0.4 is 5.43 Å². The van der Waals surface area contributed by atoms with E-state index >= 15 is 0 Å². The van der Waals surface area contributed by atoms with Crippen molar-refractivity contribution in [3.8, 4) is 0 Å². The molecule has 8 heteroatoms. The van der Waals surface area contributed by atoms with Crippen molar-refractivity contribution in [2.45, 2.75) is 31.1 Å². The van der Waals surface area contributed by atoms with Gasteiger partial charge in [-0.15, -0.1) is 0 Å². The highest BCUT2D eigenvalue weighted by Gasteiger charge is 2.26. The molecule has 0 amide bonds. The minimum absolute atomic E-state index is 0.184. The van der Waals surface area contributed by atoms with Crippen molar-refractivity contribution < 1.29 is 12.8 Å². The Morgan fingerprint density at radius 1 is 1.12 bits per heavy atom. The molecule has 2 heterocycles. The number of nitrogens with one attached hydrogen (secondary N) is 1. The molecule has 1 fully saturated rings. The molecule has 3 rings (SSSR count). The fourth-order valence-electron chi connectivity index (χ4n) is 2.75. The predicted molar refractivity (Wildman–Crippen MR) is 99.1 cm³/mol. The second-order valence-electron chi connectivity index (χ2n) is 6.16. The second kappa shape index (κ2) is 7.92. The molecule has 0 unspecified atom stereocenters. The third-order valence-corrected chi connectivity index (χ3v) is 6.17. The third kappa shape index (κ3) is 4.25. The molecule has 1 aliphatic rings. The molecule has 0 aliphatic carbocycles. The molecular formula is C18H21FN4O2S. The largest absolute Gasteiger partial charge is 0.261 e. The van der Waals surface area contributed by atoms with Crippen molar-refractivity contribution in [3.05, 3.63) is 54.0 Å². The lowest BCUT2D eigenvalue weighted by Crippen LogP contribution is -2.35. The number of nitrogens with zero attached hydrogens (tertiary/aromatic N) is 3. The minimum Gasteiger partial charge on any atom is -0.261 e. The maximum absolute atomic E-state index is 13.0. The molecule has 0 spiro atoms. The van der Waals surface area contributed by atoms with Crippen LogP contribution in [-0.2, 0) is 10.0 Å². The Bertz CT molecular complexity index is 874. The van der Waals surface area contributed by atoms with E-state index in [0.29, 0.717) is 24.6 Å². The molecule has 0 atom stereocenters. The summed E-state index contributed by atoms with van der Waals surface area (Å²) in [6.45, 7) is 2.91. The summed E-state index contributed by atoms with van der Waals surface area (Å²) < 4.78 is 39.6. The highest BCUT2D eigenvalue weighted by atomic mass is 32.2. The van der Waals surface area contributed by atoms with Crippen molar-refractivity contribution in [1.29, 1.82) is 0 Å². The maximum atomic E-state index is 13.0. The average molecular weight is 376 g/mol. The summed E-state index contributed by atoms with van der Waals surface area (Å²) >= 11 is 0. The standard InChI is InChI=1S/C18H21FN4O2S/c1-14(15-5-7-16(19)8-6-15)21-22-18-10-9-17(13-20-18)26(24,25)23-11-3-2-4-12-23/h5-10,13H,2-4,11-12H2,1H3,(H,20,22)/b21-14+. The van der Waals surface area contributed by atoms with E-state index < -0.39 is 10.0 Å². The minimum atomic E-state index is -3.49. The molecule has 1 aliphatic heterocycles. The van der Waals surface area contributed by atoms with E-state index in [-0.39, 0.29) is 10.7 Å². The first kappa shape index (κ1) is 18.5. The number of aromatic nitrogens is 1. The SMILES string of the molecule is C/C(=N\Nc1ccc(S(=O)(=O)N2CCCCC2)cn1)c1ccc(F)cc1. The van der Waals surface area contributed by atoms with Gasteiger partial charge < -0.3 is 0 Å². The van der Waals surface area contributed by atoms with Gasteiger partial charge in [0.15, 0.2) is 0 Å². The molecule has 0 radical (unpaired) electrons. The summed E-state index contributed by atoms with van der Waals surface area (Å²) in [5.41, 5.74) is 4.23. The van der Waals surface area contributed by atoms with Gasteiger partial charge in [0.05, 0.1) is 5.71 Å². The Morgan fingerprint density at radius 2 is 1.81 bits per heavy atom. The number of benzene rings is 1. The van der Waals surface area contributed by atoms with Gasteiger partial charge in [0.1, 0.15) is 16.5 Å². The second-order valence-corrected chi connectivity index (χ2v) is 8.10. The van der Waals surface area contributed by atoms with Gasteiger partial charge in [-0.05, 0) is 49.6 Å². The van der Waals surface area contributed by atoms with E-state index in [1.807, 2.05) is 0 Å². The zero-order valence-corrected chi connectivity index (χ0v) is 15.3. The van der Waals surface area contributed by atoms with Crippen LogP contribution in [0.1, 0.15) is 31.7 Å². The summed E-state index contributed by atoms with van der Waals surface area (Å²) in [5.74, 6) is 0.130. The molecule has 1 aromatic carbocycles. The highest BCUT2D eigenvalue weighted by molar-refractivity contribution is 7.89. The third-order valence-electron chi connectivity index (χ3n) is 4.29. The lowest BCUT2D eigenvalue weighted by Gasteiger charge is -2.25. The van der Waals surface area contributed by atoms with Gasteiger partial charge in [0, 0.05) is 19.3 Å². The van der Waals surface area contributed by atoms with Gasteiger partial charge in [-0.3, -0.25) is 5.43 Å². The first-order valence-corrected chi connectivity index (χ1v) is 9.93. The maximum Gasteiger partial charge on any atom is 0.244 e. The van der Waals surface area contributed by atoms with Gasteiger partial charge in [-0.1, -0.05) is 18.6 Å². The van der Waals surface area contributed by atoms with Gasteiger partial charge in [0.2, 0.25) is 10.0 Å². The van der Waals surface area contributed by atoms with E-state index in [1.165, 1.54) is 28.7 Å². The molecule has 1 saturated heterocycles. The molecular weight excluding hydrogens is 355 g/mol. The van der Waals surface area contributed by atoms with E-state index in [2.05, 4.69) is 15.5 Å². The molecule has 26 heavy (non-hydrogen) atoms. The number of hydrogen-bond acceptors (Lipinski definition) is 5. The van der Waals surface area contributed by atoms with Crippen LogP contribution in [0.25, 0.3) is 0 Å². The van der Waals surface area contributed by atoms with Crippen LogP contribution in [0.3, 0.4) is 0 Å². The van der Waals surface area contributed by atoms with Crippen LogP contribution in [0.5, 0.6) is 0 Å². The Hall–Kier alpha value is -2.32. The zero-order chi connectivity index (χ0) is 18.6. The number of sulfonamides is 1. The number of piperidine rings is 1. The number of halogens is 1. The lowest BCUT2D eigenvalue weighted by atomic mass is 10.1. The van der Waals surface area contributed by atoms with E-state index in [0.717, 1.165) is 24.8 Å². The quantitative estimate of drug-likeness (QED) is 0.642. The Labute approximate surface area is 152 Å². The Morgan fingerprint density at radius 3 is 2.42 bits per heavy atom. The first-order chi connectivity index (χ1) is 12.5. The monoisotopic (exact) mass is 376 g/mol. The van der Waals surface area contributed by atoms with Crippen LogP contribution in [0.2, 0.25) is 0 Å². The van der Waals surface area contributed by atoms with Gasteiger partial charge in [-0.2, -0.15) is 9.41 Å². The van der Waals surface area contributed by atoms with Crippen molar-refractivity contribution in [1.82, 2.24) is 9.29 Å². The molecule has 1 N–H and O–H groups in total. The van der Waals surface area contributed by atoms with Crippen molar-refractivity contribution in [2.75, 3.05) is 18.5 Å². The van der Waals surface area contributed by atoms with Crippen LogP contribution in [0.4, 0.5) is 10.2 Å². The van der Waals surface area contributed by atoms with Crippen molar-refractivity contribution in [2.24, 2.45) is 5.10 Å². The smallest absolute Gasteiger partial charge is 0.244 e. The molecule has 0 saturated carbocycles. The Balaban J connectivity index is 1.69. The Kier molecular flexibility index (Phi) is 5.63.